The Morgan fingerprint density at radius 3 is 2.67 bits per heavy atom. The number of anilines is 1. The van der Waals surface area contributed by atoms with E-state index in [4.69, 9.17) is 16.1 Å². The van der Waals surface area contributed by atoms with Crippen molar-refractivity contribution in [3.8, 4) is 11.3 Å². The first-order valence-corrected chi connectivity index (χ1v) is 5.84. The van der Waals surface area contributed by atoms with E-state index >= 15 is 0 Å². The van der Waals surface area contributed by atoms with Gasteiger partial charge in [-0.25, -0.2) is 9.97 Å². The Morgan fingerprint density at radius 1 is 1.29 bits per heavy atom. The molecule has 2 aromatic heterocycles. The van der Waals surface area contributed by atoms with Gasteiger partial charge in [0.25, 0.3) is 0 Å². The fraction of sp³-hybridized carbons (Fsp3) is 0.182. The zero-order valence-corrected chi connectivity index (χ0v) is 10.8. The Kier molecular flexibility index (Phi) is 4.39. The van der Waals surface area contributed by atoms with E-state index < -0.39 is 12.0 Å². The van der Waals surface area contributed by atoms with Crippen LogP contribution in [0.5, 0.6) is 0 Å². The molecule has 2 rings (SSSR count). The first-order chi connectivity index (χ1) is 9.91. The molecule has 0 radical (unpaired) electrons. The van der Waals surface area contributed by atoms with Gasteiger partial charge in [-0.3, -0.25) is 4.98 Å². The number of rotatable bonds is 4. The van der Waals surface area contributed by atoms with E-state index in [1.807, 2.05) is 0 Å². The van der Waals surface area contributed by atoms with E-state index in [-0.39, 0.29) is 31.2 Å². The van der Waals surface area contributed by atoms with Crippen LogP contribution in [0, 0.1) is 0 Å². The molecule has 0 aliphatic carbocycles. The molecule has 10 heteroatoms. The lowest BCUT2D eigenvalue weighted by molar-refractivity contribution is -0.144. The van der Waals surface area contributed by atoms with Gasteiger partial charge in [-0.2, -0.15) is 13.2 Å². The molecule has 0 atom stereocenters. The van der Waals surface area contributed by atoms with Crippen LogP contribution in [0.1, 0.15) is 5.82 Å². The highest BCUT2D eigenvalue weighted by atomic mass is 19.4. The summed E-state index contributed by atoms with van der Waals surface area (Å²) in [6.45, 7) is -0.127. The van der Waals surface area contributed by atoms with Crippen LogP contribution in [0.15, 0.2) is 24.5 Å². The molecular formula is C11H11BF3N5O. The molecule has 0 unspecified atom stereocenters. The second kappa shape index (κ2) is 6.06. The smallest absolute Gasteiger partial charge is 0.421 e. The Bertz CT molecular complexity index is 637. The highest BCUT2D eigenvalue weighted by Gasteiger charge is 2.35. The molecule has 2 heterocycles. The summed E-state index contributed by atoms with van der Waals surface area (Å²) < 4.78 is 43.4. The third-order valence-electron chi connectivity index (χ3n) is 2.53. The summed E-state index contributed by atoms with van der Waals surface area (Å²) in [5.74, 6) is -1.26. The van der Waals surface area contributed by atoms with Gasteiger partial charge in [-0.1, -0.05) is 0 Å². The second-order valence-corrected chi connectivity index (χ2v) is 4.04. The molecule has 21 heavy (non-hydrogen) atoms. The average Bonchev–Trinajstić information content (AvgIpc) is 2.44. The van der Waals surface area contributed by atoms with Crippen LogP contribution in [-0.2, 0) is 10.8 Å². The number of halogens is 3. The van der Waals surface area contributed by atoms with E-state index in [0.29, 0.717) is 5.56 Å². The molecule has 110 valence electrons. The highest BCUT2D eigenvalue weighted by molar-refractivity contribution is 6.45. The van der Waals surface area contributed by atoms with E-state index in [1.165, 1.54) is 24.5 Å². The van der Waals surface area contributed by atoms with Crippen LogP contribution in [0.4, 0.5) is 18.9 Å². The molecular weight excluding hydrogens is 286 g/mol. The first kappa shape index (κ1) is 15.2. The van der Waals surface area contributed by atoms with Gasteiger partial charge in [0.2, 0.25) is 5.82 Å². The van der Waals surface area contributed by atoms with Gasteiger partial charge in [0.15, 0.2) is 0 Å². The summed E-state index contributed by atoms with van der Waals surface area (Å²) in [7, 11) is -0.153. The molecule has 0 fully saturated rings. The van der Waals surface area contributed by atoms with E-state index in [9.17, 15) is 13.2 Å². The zero-order valence-electron chi connectivity index (χ0n) is 10.8. The normalized spacial score (nSPS) is 11.4. The predicted molar refractivity (Wildman–Crippen MR) is 71.6 cm³/mol. The Morgan fingerprint density at radius 2 is 2.05 bits per heavy atom. The number of alkyl halides is 3. The molecule has 0 aliphatic rings. The largest absolute Gasteiger partial charge is 0.451 e. The number of hydrogen-bond donors (Lipinski definition) is 2. The summed E-state index contributed by atoms with van der Waals surface area (Å²) in [6, 6.07) is 2.85. The van der Waals surface area contributed by atoms with Crippen molar-refractivity contribution >= 4 is 18.8 Å². The Hall–Kier alpha value is -2.20. The number of pyridine rings is 1. The lowest BCUT2D eigenvalue weighted by Crippen LogP contribution is -2.28. The quantitative estimate of drug-likeness (QED) is 0.611. The SMILES string of the molecule is NCOBc1cc(-c2ccncc2N)nc(C(F)(F)F)n1. The van der Waals surface area contributed by atoms with Crippen LogP contribution in [0.2, 0.25) is 0 Å². The van der Waals surface area contributed by atoms with Crippen LogP contribution in [0.3, 0.4) is 0 Å². The maximum absolute atomic E-state index is 12.9. The van der Waals surface area contributed by atoms with Crippen molar-refractivity contribution in [1.29, 1.82) is 0 Å². The molecule has 0 aromatic carbocycles. The Labute approximate surface area is 118 Å². The van der Waals surface area contributed by atoms with Crippen LogP contribution < -0.4 is 17.1 Å². The number of aromatic nitrogens is 3. The highest BCUT2D eigenvalue weighted by Crippen LogP contribution is 2.28. The van der Waals surface area contributed by atoms with Gasteiger partial charge < -0.3 is 16.1 Å². The summed E-state index contributed by atoms with van der Waals surface area (Å²) in [5.41, 5.74) is 11.5. The molecule has 6 nitrogen and oxygen atoms in total. The van der Waals surface area contributed by atoms with Crippen molar-refractivity contribution in [2.24, 2.45) is 5.73 Å². The van der Waals surface area contributed by atoms with Crippen molar-refractivity contribution in [3.63, 3.8) is 0 Å². The molecule has 0 aliphatic heterocycles. The topological polar surface area (TPSA) is 99.9 Å². The summed E-state index contributed by atoms with van der Waals surface area (Å²) in [6.07, 6.45) is -1.92. The van der Waals surface area contributed by atoms with Crippen molar-refractivity contribution < 1.29 is 17.8 Å². The minimum absolute atomic E-state index is 0.0489. The van der Waals surface area contributed by atoms with Gasteiger partial charge in [0.05, 0.1) is 24.3 Å². The van der Waals surface area contributed by atoms with Gasteiger partial charge in [0.1, 0.15) is 0 Å². The van der Waals surface area contributed by atoms with Crippen LogP contribution >= 0.6 is 0 Å². The molecule has 2 aromatic rings. The summed E-state index contributed by atoms with van der Waals surface area (Å²) in [4.78, 5) is 10.7. The lowest BCUT2D eigenvalue weighted by atomic mass is 9.93. The van der Waals surface area contributed by atoms with Crippen LogP contribution in [-0.4, -0.2) is 29.2 Å². The van der Waals surface area contributed by atoms with Crippen molar-refractivity contribution in [2.45, 2.75) is 6.18 Å². The fourth-order valence-corrected chi connectivity index (χ4v) is 1.64. The lowest BCUT2D eigenvalue weighted by Gasteiger charge is -2.11. The molecule has 0 spiro atoms. The predicted octanol–water partition coefficient (Wildman–Crippen LogP) is 0.0492. The monoisotopic (exact) mass is 297 g/mol. The van der Waals surface area contributed by atoms with E-state index in [0.717, 1.165) is 0 Å². The third kappa shape index (κ3) is 3.67. The van der Waals surface area contributed by atoms with Gasteiger partial charge in [-0.15, -0.1) is 0 Å². The van der Waals surface area contributed by atoms with Crippen molar-refractivity contribution in [2.75, 3.05) is 12.5 Å². The van der Waals surface area contributed by atoms with Gasteiger partial charge in [-0.05, 0) is 12.1 Å². The zero-order chi connectivity index (χ0) is 15.5. The van der Waals surface area contributed by atoms with Gasteiger partial charge >= 0.3 is 13.7 Å². The molecule has 0 bridgehead atoms. The summed E-state index contributed by atoms with van der Waals surface area (Å²) in [5, 5.41) is 0. The number of hydrogen-bond acceptors (Lipinski definition) is 6. The first-order valence-electron chi connectivity index (χ1n) is 5.84. The van der Waals surface area contributed by atoms with Crippen molar-refractivity contribution in [1.82, 2.24) is 15.0 Å². The summed E-state index contributed by atoms with van der Waals surface area (Å²) >= 11 is 0. The van der Waals surface area contributed by atoms with E-state index in [2.05, 4.69) is 15.0 Å². The average molecular weight is 297 g/mol. The fourth-order valence-electron chi connectivity index (χ4n) is 1.64. The standard InChI is InChI=1S/C11H11BF3N5O/c13-11(14,15)10-19-8(3-9(20-10)12-21-5-16)6-1-2-18-4-7(6)17/h1-4,12H,5,16-17H2. The number of nitrogens with zero attached hydrogens (tertiary/aromatic N) is 3. The maximum atomic E-state index is 12.9. The third-order valence-corrected chi connectivity index (χ3v) is 2.53. The molecule has 4 N–H and O–H groups in total. The number of nitrogen functional groups attached to an aromatic ring is 1. The molecule has 0 saturated heterocycles. The molecule has 0 saturated carbocycles. The van der Waals surface area contributed by atoms with Crippen molar-refractivity contribution in [3.05, 3.63) is 30.4 Å². The molecule has 0 amide bonds. The second-order valence-electron chi connectivity index (χ2n) is 4.04. The van der Waals surface area contributed by atoms with Crippen LogP contribution in [0.25, 0.3) is 11.3 Å². The minimum atomic E-state index is -4.67. The maximum Gasteiger partial charge on any atom is 0.451 e. The van der Waals surface area contributed by atoms with E-state index in [1.54, 1.807) is 0 Å². The Balaban J connectivity index is 2.52. The number of nitrogens with two attached hydrogens (primary N) is 2. The minimum Gasteiger partial charge on any atom is -0.421 e. The van der Waals surface area contributed by atoms with Gasteiger partial charge in [0, 0.05) is 17.4 Å².